The molecular formula is C32H52O7. The van der Waals surface area contributed by atoms with E-state index in [1.165, 1.54) is 6.42 Å². The average Bonchev–Trinajstić information content (AvgIpc) is 2.96. The summed E-state index contributed by atoms with van der Waals surface area (Å²) in [5, 5.41) is 11.4. The molecule has 5 fully saturated rings. The number of ether oxygens (including phenoxy) is 3. The lowest BCUT2D eigenvalue weighted by molar-refractivity contribution is -0.252. The molecule has 7 heteroatoms. The number of carbonyl (C=O) groups is 3. The van der Waals surface area contributed by atoms with E-state index in [1.54, 1.807) is 34.6 Å². The van der Waals surface area contributed by atoms with Gasteiger partial charge in [-0.25, -0.2) is 0 Å². The first kappa shape index (κ1) is 30.3. The van der Waals surface area contributed by atoms with Crippen molar-refractivity contribution in [1.29, 1.82) is 0 Å². The summed E-state index contributed by atoms with van der Waals surface area (Å²) < 4.78 is 18.0. The number of carbonyl (C=O) groups excluding carboxylic acids is 3. The third-order valence-electron chi connectivity index (χ3n) is 11.6. The molecule has 39 heavy (non-hydrogen) atoms. The monoisotopic (exact) mass is 548 g/mol. The summed E-state index contributed by atoms with van der Waals surface area (Å²) >= 11 is 0. The maximum Gasteiger partial charge on any atom is 0.312 e. The van der Waals surface area contributed by atoms with Crippen molar-refractivity contribution >= 4 is 17.9 Å². The number of cyclic esters (lactones) is 1. The van der Waals surface area contributed by atoms with Crippen LogP contribution >= 0.6 is 0 Å². The van der Waals surface area contributed by atoms with Gasteiger partial charge in [-0.3, -0.25) is 14.4 Å². The van der Waals surface area contributed by atoms with Gasteiger partial charge in [0.25, 0.3) is 0 Å². The Bertz CT molecular complexity index is 1010. The summed E-state index contributed by atoms with van der Waals surface area (Å²) in [6.07, 6.45) is 6.31. The zero-order valence-electron chi connectivity index (χ0n) is 26.0. The highest BCUT2D eigenvalue weighted by atomic mass is 16.6. The first-order valence-electron chi connectivity index (χ1n) is 15.0. The molecule has 7 nitrogen and oxygen atoms in total. The SMILES string of the molecule is CCC(C)(CC(C)(C)C(=O)OC1(C)CC(=O)OC1(C)C)C(=O)OC(C)(C(C)C)C12CC3CC(CC(O)(C3)C1)C2. The maximum atomic E-state index is 14.1. The smallest absolute Gasteiger partial charge is 0.312 e. The minimum atomic E-state index is -1.09. The zero-order chi connectivity index (χ0) is 29.4. The molecule has 1 saturated heterocycles. The number of rotatable bonds is 9. The van der Waals surface area contributed by atoms with E-state index in [0.717, 1.165) is 25.7 Å². The molecule has 0 aromatic carbocycles. The lowest BCUT2D eigenvalue weighted by Crippen LogP contribution is -2.65. The van der Waals surface area contributed by atoms with Crippen LogP contribution in [0.5, 0.6) is 0 Å². The average molecular weight is 549 g/mol. The standard InChI is InChI=1S/C32H52O7/c1-11-28(8,18-26(4,5)24(34)38-29(9)17-23(33)37-27(29,6)7)25(35)39-30(10,20(2)3)31-13-21-12-22(14-31)16-32(36,15-21)19-31/h20-22,36H,11-19H2,1-10H3. The predicted octanol–water partition coefficient (Wildman–Crippen LogP) is 6.14. The first-order valence-corrected chi connectivity index (χ1v) is 15.0. The third kappa shape index (κ3) is 4.93. The zero-order valence-corrected chi connectivity index (χ0v) is 26.0. The van der Waals surface area contributed by atoms with Gasteiger partial charge >= 0.3 is 17.9 Å². The molecule has 4 bridgehead atoms. The largest absolute Gasteiger partial charge is 0.458 e. The Morgan fingerprint density at radius 2 is 1.59 bits per heavy atom. The second-order valence-electron chi connectivity index (χ2n) is 15.9. The molecule has 0 radical (unpaired) electrons. The Morgan fingerprint density at radius 3 is 2.03 bits per heavy atom. The van der Waals surface area contributed by atoms with Gasteiger partial charge in [-0.2, -0.15) is 0 Å². The molecule has 5 rings (SSSR count). The van der Waals surface area contributed by atoms with E-state index in [2.05, 4.69) is 20.8 Å². The van der Waals surface area contributed by atoms with E-state index >= 15 is 0 Å². The van der Waals surface area contributed by atoms with Crippen LogP contribution in [-0.4, -0.2) is 45.4 Å². The van der Waals surface area contributed by atoms with Gasteiger partial charge in [-0.1, -0.05) is 20.8 Å². The lowest BCUT2D eigenvalue weighted by atomic mass is 9.43. The molecule has 0 aromatic rings. The van der Waals surface area contributed by atoms with Gasteiger partial charge in [-0.05, 0) is 118 Å². The maximum absolute atomic E-state index is 14.1. The van der Waals surface area contributed by atoms with Crippen molar-refractivity contribution in [3.8, 4) is 0 Å². The van der Waals surface area contributed by atoms with Crippen LogP contribution in [0.15, 0.2) is 0 Å². The number of aliphatic hydroxyl groups is 1. The van der Waals surface area contributed by atoms with Crippen molar-refractivity contribution in [3.05, 3.63) is 0 Å². The first-order chi connectivity index (χ1) is 17.6. The molecule has 5 atom stereocenters. The summed E-state index contributed by atoms with van der Waals surface area (Å²) in [7, 11) is 0. The highest BCUT2D eigenvalue weighted by Gasteiger charge is 2.66. The molecule has 1 heterocycles. The Hall–Kier alpha value is -1.63. The summed E-state index contributed by atoms with van der Waals surface area (Å²) in [5.74, 6) is -0.109. The van der Waals surface area contributed by atoms with Crippen molar-refractivity contribution in [2.75, 3.05) is 0 Å². The summed E-state index contributed by atoms with van der Waals surface area (Å²) in [5.41, 5.74) is -5.57. The van der Waals surface area contributed by atoms with Crippen LogP contribution in [0.25, 0.3) is 0 Å². The molecule has 0 spiro atoms. The van der Waals surface area contributed by atoms with E-state index < -0.39 is 45.2 Å². The van der Waals surface area contributed by atoms with E-state index in [4.69, 9.17) is 14.2 Å². The van der Waals surface area contributed by atoms with E-state index in [1.807, 2.05) is 13.8 Å². The molecular weight excluding hydrogens is 496 g/mol. The van der Waals surface area contributed by atoms with Gasteiger partial charge in [0.05, 0.1) is 22.9 Å². The highest BCUT2D eigenvalue weighted by molar-refractivity contribution is 5.82. The fourth-order valence-corrected chi connectivity index (χ4v) is 8.76. The van der Waals surface area contributed by atoms with E-state index in [-0.39, 0.29) is 30.1 Å². The van der Waals surface area contributed by atoms with Gasteiger partial charge in [0.15, 0.2) is 5.60 Å². The fourth-order valence-electron chi connectivity index (χ4n) is 8.76. The van der Waals surface area contributed by atoms with Crippen LogP contribution < -0.4 is 0 Å². The minimum Gasteiger partial charge on any atom is -0.458 e. The number of hydrogen-bond acceptors (Lipinski definition) is 7. The second kappa shape index (κ2) is 9.19. The summed E-state index contributed by atoms with van der Waals surface area (Å²) in [4.78, 5) is 39.7. The quantitative estimate of drug-likeness (QED) is 0.273. The molecule has 1 aliphatic heterocycles. The molecule has 4 saturated carbocycles. The topological polar surface area (TPSA) is 99.1 Å². The van der Waals surface area contributed by atoms with Gasteiger partial charge in [0.1, 0.15) is 11.2 Å². The van der Waals surface area contributed by atoms with E-state index in [9.17, 15) is 19.5 Å². The molecule has 0 amide bonds. The van der Waals surface area contributed by atoms with Crippen molar-refractivity contribution in [2.45, 2.75) is 149 Å². The van der Waals surface area contributed by atoms with Crippen LogP contribution in [0.2, 0.25) is 0 Å². The van der Waals surface area contributed by atoms with Crippen molar-refractivity contribution in [1.82, 2.24) is 0 Å². The Kier molecular flexibility index (Phi) is 7.15. The highest BCUT2D eigenvalue weighted by Crippen LogP contribution is 2.67. The van der Waals surface area contributed by atoms with Gasteiger partial charge in [0.2, 0.25) is 0 Å². The molecule has 5 aliphatic rings. The van der Waals surface area contributed by atoms with Gasteiger partial charge < -0.3 is 19.3 Å². The summed E-state index contributed by atoms with van der Waals surface area (Å²) in [6.45, 7) is 19.0. The second-order valence-corrected chi connectivity index (χ2v) is 15.9. The molecule has 222 valence electrons. The minimum absolute atomic E-state index is 0.00192. The predicted molar refractivity (Wildman–Crippen MR) is 147 cm³/mol. The Balaban J connectivity index is 1.55. The van der Waals surface area contributed by atoms with Crippen molar-refractivity contribution in [3.63, 3.8) is 0 Å². The third-order valence-corrected chi connectivity index (χ3v) is 11.6. The van der Waals surface area contributed by atoms with Crippen molar-refractivity contribution < 1.29 is 33.7 Å². The number of hydrogen-bond donors (Lipinski definition) is 1. The van der Waals surface area contributed by atoms with Crippen LogP contribution in [0.1, 0.15) is 127 Å². The van der Waals surface area contributed by atoms with Gasteiger partial charge in [0, 0.05) is 5.41 Å². The Labute approximate surface area is 235 Å². The molecule has 5 unspecified atom stereocenters. The lowest BCUT2D eigenvalue weighted by Gasteiger charge is -2.65. The van der Waals surface area contributed by atoms with Crippen LogP contribution in [0.4, 0.5) is 0 Å². The van der Waals surface area contributed by atoms with Crippen molar-refractivity contribution in [2.24, 2.45) is 34.0 Å². The van der Waals surface area contributed by atoms with Crippen LogP contribution in [0.3, 0.4) is 0 Å². The van der Waals surface area contributed by atoms with Crippen LogP contribution in [-0.2, 0) is 28.6 Å². The normalized spacial score (nSPS) is 38.2. The van der Waals surface area contributed by atoms with E-state index in [0.29, 0.717) is 24.7 Å². The Morgan fingerprint density at radius 1 is 1.03 bits per heavy atom. The summed E-state index contributed by atoms with van der Waals surface area (Å²) in [6, 6.07) is 0. The fraction of sp³-hybridized carbons (Fsp3) is 0.906. The molecule has 4 aliphatic carbocycles. The van der Waals surface area contributed by atoms with Gasteiger partial charge in [-0.15, -0.1) is 0 Å². The molecule has 1 N–H and O–H groups in total. The number of esters is 3. The molecule has 0 aromatic heterocycles. The van der Waals surface area contributed by atoms with Crippen LogP contribution in [0, 0.1) is 34.0 Å².